The van der Waals surface area contributed by atoms with Crippen molar-refractivity contribution in [1.82, 2.24) is 14.9 Å². The second-order valence-corrected chi connectivity index (χ2v) is 9.76. The van der Waals surface area contributed by atoms with Crippen molar-refractivity contribution in [2.75, 3.05) is 13.2 Å². The lowest BCUT2D eigenvalue weighted by Crippen LogP contribution is -2.25. The number of halogens is 1. The maximum absolute atomic E-state index is 9.33. The minimum absolute atomic E-state index is 0.0743. The van der Waals surface area contributed by atoms with Crippen molar-refractivity contribution in [2.24, 2.45) is 0 Å². The minimum atomic E-state index is -0.0743. The number of fused-ring (bicyclic) bond motifs is 1. The molecule has 1 aliphatic rings. The molecule has 0 spiro atoms. The molecule has 0 bridgehead atoms. The fourth-order valence-corrected chi connectivity index (χ4v) is 5.05. The smallest absolute Gasteiger partial charge is 0.161 e. The lowest BCUT2D eigenvalue weighted by atomic mass is 10.00. The Labute approximate surface area is 228 Å². The van der Waals surface area contributed by atoms with Gasteiger partial charge in [0.25, 0.3) is 0 Å². The number of nitriles is 1. The third-order valence-corrected chi connectivity index (χ3v) is 7.07. The van der Waals surface area contributed by atoms with Gasteiger partial charge in [0.2, 0.25) is 0 Å². The third-order valence-electron chi connectivity index (χ3n) is 6.77. The molecule has 3 aromatic carbocycles. The van der Waals surface area contributed by atoms with Crippen LogP contribution in [0.2, 0.25) is 5.15 Å². The average molecular weight is 527 g/mol. The Morgan fingerprint density at radius 2 is 1.84 bits per heavy atom. The lowest BCUT2D eigenvalue weighted by Gasteiger charge is -2.24. The van der Waals surface area contributed by atoms with Gasteiger partial charge in [-0.1, -0.05) is 73.5 Å². The zero-order chi connectivity index (χ0) is 26.3. The molecule has 6 nitrogen and oxygen atoms in total. The fraction of sp³-hybridized carbons (Fsp3) is 0.290. The largest absolute Gasteiger partial charge is 0.486 e. The van der Waals surface area contributed by atoms with Crippen LogP contribution in [0, 0.1) is 11.3 Å². The first-order valence-corrected chi connectivity index (χ1v) is 13.5. The Hall–Kier alpha value is -3.79. The van der Waals surface area contributed by atoms with Crippen molar-refractivity contribution in [3.63, 3.8) is 0 Å². The number of benzene rings is 3. The highest BCUT2D eigenvalue weighted by Gasteiger charge is 2.23. The van der Waals surface area contributed by atoms with Gasteiger partial charge in [0.05, 0.1) is 17.3 Å². The summed E-state index contributed by atoms with van der Waals surface area (Å²) >= 11 is 6.84. The van der Waals surface area contributed by atoms with Gasteiger partial charge < -0.3 is 19.4 Å². The highest BCUT2D eigenvalue weighted by molar-refractivity contribution is 6.30. The molecule has 0 saturated carbocycles. The lowest BCUT2D eigenvalue weighted by molar-refractivity contribution is 0.171. The number of unbranched alkanes of at least 4 members (excludes halogenated alkanes) is 1. The number of imidazole rings is 1. The van der Waals surface area contributed by atoms with Gasteiger partial charge in [-0.2, -0.15) is 5.26 Å². The van der Waals surface area contributed by atoms with Crippen molar-refractivity contribution < 1.29 is 9.47 Å². The first kappa shape index (κ1) is 25.8. The molecule has 38 heavy (non-hydrogen) atoms. The van der Waals surface area contributed by atoms with Crippen molar-refractivity contribution in [3.8, 4) is 29.0 Å². The number of rotatable bonds is 10. The van der Waals surface area contributed by atoms with E-state index in [0.717, 1.165) is 59.1 Å². The molecule has 0 radical (unpaired) electrons. The van der Waals surface area contributed by atoms with Gasteiger partial charge in [0, 0.05) is 31.1 Å². The molecular weight excluding hydrogens is 496 g/mol. The van der Waals surface area contributed by atoms with Crippen molar-refractivity contribution in [2.45, 2.75) is 45.3 Å². The van der Waals surface area contributed by atoms with Crippen molar-refractivity contribution >= 4 is 11.6 Å². The van der Waals surface area contributed by atoms with Gasteiger partial charge in [0.1, 0.15) is 19.0 Å². The van der Waals surface area contributed by atoms with Crippen LogP contribution in [0.15, 0.2) is 72.8 Å². The number of hydrogen-bond acceptors (Lipinski definition) is 5. The van der Waals surface area contributed by atoms with E-state index >= 15 is 0 Å². The molecule has 4 aromatic rings. The summed E-state index contributed by atoms with van der Waals surface area (Å²) in [6, 6.07) is 26.1. The zero-order valence-corrected chi connectivity index (χ0v) is 22.2. The summed E-state index contributed by atoms with van der Waals surface area (Å²) in [6.07, 6.45) is 2.74. The molecule has 194 valence electrons. The Morgan fingerprint density at radius 1 is 1.03 bits per heavy atom. The Balaban J connectivity index is 1.50. The number of nitrogens with zero attached hydrogens (tertiary/aromatic N) is 3. The van der Waals surface area contributed by atoms with Gasteiger partial charge >= 0.3 is 0 Å². The maximum atomic E-state index is 9.33. The van der Waals surface area contributed by atoms with Gasteiger partial charge in [-0.15, -0.1) is 0 Å². The summed E-state index contributed by atoms with van der Waals surface area (Å²) in [5.41, 5.74) is 4.81. The molecular formula is C31H31ClN4O2. The van der Waals surface area contributed by atoms with Crippen LogP contribution in [0.25, 0.3) is 11.4 Å². The number of ether oxygens (including phenoxy) is 2. The highest BCUT2D eigenvalue weighted by atomic mass is 35.5. The van der Waals surface area contributed by atoms with Gasteiger partial charge in [-0.25, -0.2) is 4.98 Å². The van der Waals surface area contributed by atoms with Crippen LogP contribution < -0.4 is 14.8 Å². The molecule has 0 saturated heterocycles. The minimum Gasteiger partial charge on any atom is -0.486 e. The predicted octanol–water partition coefficient (Wildman–Crippen LogP) is 6.72. The van der Waals surface area contributed by atoms with Crippen LogP contribution in [0.1, 0.15) is 48.2 Å². The highest BCUT2D eigenvalue weighted by Crippen LogP contribution is 2.35. The van der Waals surface area contributed by atoms with E-state index in [4.69, 9.17) is 26.1 Å². The summed E-state index contributed by atoms with van der Waals surface area (Å²) in [5, 5.41) is 13.6. The molecule has 1 unspecified atom stereocenters. The van der Waals surface area contributed by atoms with E-state index < -0.39 is 0 Å². The third kappa shape index (κ3) is 5.85. The topological polar surface area (TPSA) is 72.1 Å². The number of aromatic nitrogens is 2. The molecule has 5 rings (SSSR count). The maximum Gasteiger partial charge on any atom is 0.161 e. The van der Waals surface area contributed by atoms with Crippen molar-refractivity contribution in [1.29, 1.82) is 5.26 Å². The number of nitrogens with one attached hydrogen (secondary N) is 1. The summed E-state index contributed by atoms with van der Waals surface area (Å²) in [5.74, 6) is 2.40. The van der Waals surface area contributed by atoms with E-state index in [1.807, 2.05) is 48.5 Å². The standard InChI is InChI=1S/C31H31ClN4O2/c1-2-3-14-36-27(30(32)35-31(36)24-10-5-4-6-11-24)19-26(34-21-23-9-7-8-22(17-23)20-33)25-12-13-28-29(18-25)38-16-15-37-28/h4-13,17-18,26,34H,2-3,14-16,19,21H2,1H3. The summed E-state index contributed by atoms with van der Waals surface area (Å²) in [7, 11) is 0. The zero-order valence-electron chi connectivity index (χ0n) is 21.5. The van der Waals surface area contributed by atoms with Gasteiger partial charge in [0.15, 0.2) is 16.7 Å². The van der Waals surface area contributed by atoms with Gasteiger partial charge in [-0.3, -0.25) is 0 Å². The van der Waals surface area contributed by atoms with Crippen molar-refractivity contribution in [3.05, 3.63) is 100 Å². The molecule has 7 heteroatoms. The van der Waals surface area contributed by atoms with Crippen LogP contribution >= 0.6 is 11.6 Å². The first-order chi connectivity index (χ1) is 18.7. The monoisotopic (exact) mass is 526 g/mol. The van der Waals surface area contributed by atoms with Crippen LogP contribution in [0.3, 0.4) is 0 Å². The van der Waals surface area contributed by atoms with E-state index in [2.05, 4.69) is 47.1 Å². The average Bonchev–Trinajstić information content (AvgIpc) is 3.28. The molecule has 0 fully saturated rings. The van der Waals surface area contributed by atoms with Crippen LogP contribution in [0.4, 0.5) is 0 Å². The summed E-state index contributed by atoms with van der Waals surface area (Å²) < 4.78 is 13.9. The second-order valence-electron chi connectivity index (χ2n) is 9.40. The molecule has 1 N–H and O–H groups in total. The predicted molar refractivity (Wildman–Crippen MR) is 149 cm³/mol. The van der Waals surface area contributed by atoms with Crippen LogP contribution in [-0.4, -0.2) is 22.8 Å². The van der Waals surface area contributed by atoms with Crippen LogP contribution in [0.5, 0.6) is 11.5 Å². The molecule has 1 atom stereocenters. The normalized spacial score (nSPS) is 13.2. The Morgan fingerprint density at radius 3 is 2.63 bits per heavy atom. The molecule has 0 aliphatic carbocycles. The molecule has 0 amide bonds. The molecule has 1 aromatic heterocycles. The Kier molecular flexibility index (Phi) is 8.28. The summed E-state index contributed by atoms with van der Waals surface area (Å²) in [6.45, 7) is 4.72. The second kappa shape index (κ2) is 12.2. The number of hydrogen-bond donors (Lipinski definition) is 1. The van der Waals surface area contributed by atoms with E-state index in [-0.39, 0.29) is 6.04 Å². The molecule has 2 heterocycles. The summed E-state index contributed by atoms with van der Waals surface area (Å²) in [4.78, 5) is 4.81. The van der Waals surface area contributed by atoms with E-state index in [1.54, 1.807) is 0 Å². The van der Waals surface area contributed by atoms with Gasteiger partial charge in [-0.05, 0) is 41.8 Å². The quantitative estimate of drug-likeness (QED) is 0.248. The van der Waals surface area contributed by atoms with E-state index in [1.165, 1.54) is 0 Å². The fourth-order valence-electron chi connectivity index (χ4n) is 4.79. The Bertz CT molecular complexity index is 1430. The SMILES string of the molecule is CCCCn1c(-c2ccccc2)nc(Cl)c1CC(NCc1cccc(C#N)c1)c1ccc2c(c1)OCCO2. The first-order valence-electron chi connectivity index (χ1n) is 13.1. The molecule has 1 aliphatic heterocycles. The van der Waals surface area contributed by atoms with E-state index in [9.17, 15) is 5.26 Å². The van der Waals surface area contributed by atoms with E-state index in [0.29, 0.717) is 36.9 Å². The van der Waals surface area contributed by atoms with Crippen LogP contribution in [-0.2, 0) is 19.5 Å².